The summed E-state index contributed by atoms with van der Waals surface area (Å²) in [6.07, 6.45) is 5.90. The van der Waals surface area contributed by atoms with Gasteiger partial charge in [-0.3, -0.25) is 0 Å². The molecule has 1 unspecified atom stereocenters. The molecule has 0 heterocycles. The lowest BCUT2D eigenvalue weighted by atomic mass is 9.78. The molecule has 1 aromatic carbocycles. The van der Waals surface area contributed by atoms with Gasteiger partial charge in [0.25, 0.3) is 0 Å². The lowest BCUT2D eigenvalue weighted by Crippen LogP contribution is -2.47. The van der Waals surface area contributed by atoms with Crippen LogP contribution in [0.25, 0.3) is 0 Å². The highest BCUT2D eigenvalue weighted by molar-refractivity contribution is 5.31. The summed E-state index contributed by atoms with van der Waals surface area (Å²) in [5, 5.41) is 10.8. The molecule has 1 aromatic rings. The largest absolute Gasteiger partial charge is 0.390 e. The van der Waals surface area contributed by atoms with Crippen molar-refractivity contribution in [2.45, 2.75) is 71.0 Å². The molecule has 1 aliphatic carbocycles. The fourth-order valence-corrected chi connectivity index (χ4v) is 3.43. The Morgan fingerprint density at radius 1 is 1.20 bits per heavy atom. The molecule has 1 N–H and O–H groups in total. The van der Waals surface area contributed by atoms with Gasteiger partial charge in [-0.1, -0.05) is 43.0 Å². The zero-order chi connectivity index (χ0) is 14.6. The van der Waals surface area contributed by atoms with Crippen LogP contribution in [0.3, 0.4) is 0 Å². The first kappa shape index (κ1) is 15.5. The van der Waals surface area contributed by atoms with Crippen LogP contribution in [0.2, 0.25) is 0 Å². The van der Waals surface area contributed by atoms with Crippen molar-refractivity contribution in [3.8, 4) is 0 Å². The molecule has 0 bridgehead atoms. The summed E-state index contributed by atoms with van der Waals surface area (Å²) in [5.41, 5.74) is 3.45. The number of aliphatic hydroxyl groups is 1. The van der Waals surface area contributed by atoms with Crippen LogP contribution in [0.15, 0.2) is 18.2 Å². The Balaban J connectivity index is 2.15. The molecular weight excluding hydrogens is 248 g/mol. The number of rotatable bonds is 5. The van der Waals surface area contributed by atoms with Gasteiger partial charge in [0.1, 0.15) is 0 Å². The van der Waals surface area contributed by atoms with Crippen LogP contribution in [-0.2, 0) is 11.2 Å². The van der Waals surface area contributed by atoms with E-state index in [1.54, 1.807) is 0 Å². The second-order valence-corrected chi connectivity index (χ2v) is 6.21. The van der Waals surface area contributed by atoms with Gasteiger partial charge in [0.05, 0.1) is 11.7 Å². The topological polar surface area (TPSA) is 29.5 Å². The number of aryl methyl sites for hydroxylation is 2. The molecule has 112 valence electrons. The number of ether oxygens (including phenoxy) is 1. The van der Waals surface area contributed by atoms with Crippen molar-refractivity contribution in [2.75, 3.05) is 6.61 Å². The number of benzene rings is 1. The van der Waals surface area contributed by atoms with E-state index >= 15 is 0 Å². The predicted molar refractivity (Wildman–Crippen MR) is 83.1 cm³/mol. The second kappa shape index (κ2) is 6.73. The van der Waals surface area contributed by atoms with E-state index in [0.717, 1.165) is 12.8 Å². The first-order valence-electron chi connectivity index (χ1n) is 7.95. The van der Waals surface area contributed by atoms with E-state index in [4.69, 9.17) is 4.74 Å². The minimum Gasteiger partial charge on any atom is -0.390 e. The standard InChI is InChI=1S/C18H28O2/c1-4-20-18(10-6-5-7-11-18)17(19)13-16-12-14(2)8-9-15(16)3/h8-9,12,17,19H,4-7,10-11,13H2,1-3H3. The maximum atomic E-state index is 10.8. The van der Waals surface area contributed by atoms with Gasteiger partial charge in [-0.2, -0.15) is 0 Å². The Bertz CT molecular complexity index is 428. The fraction of sp³-hybridized carbons (Fsp3) is 0.667. The fourth-order valence-electron chi connectivity index (χ4n) is 3.43. The highest BCUT2D eigenvalue weighted by Crippen LogP contribution is 2.36. The lowest BCUT2D eigenvalue weighted by Gasteiger charge is -2.41. The minimum atomic E-state index is -0.400. The van der Waals surface area contributed by atoms with E-state index in [9.17, 15) is 5.11 Å². The molecule has 1 saturated carbocycles. The second-order valence-electron chi connectivity index (χ2n) is 6.21. The Labute approximate surface area is 123 Å². The third-order valence-electron chi connectivity index (χ3n) is 4.66. The highest BCUT2D eigenvalue weighted by atomic mass is 16.5. The van der Waals surface area contributed by atoms with Crippen LogP contribution < -0.4 is 0 Å². The molecule has 2 nitrogen and oxygen atoms in total. The lowest BCUT2D eigenvalue weighted by molar-refractivity contribution is -0.138. The quantitative estimate of drug-likeness (QED) is 0.882. The van der Waals surface area contributed by atoms with Crippen LogP contribution in [0.1, 0.15) is 55.7 Å². The van der Waals surface area contributed by atoms with Crippen molar-refractivity contribution in [1.82, 2.24) is 0 Å². The van der Waals surface area contributed by atoms with Gasteiger partial charge in [0.15, 0.2) is 0 Å². The maximum absolute atomic E-state index is 10.8. The number of hydrogen-bond donors (Lipinski definition) is 1. The predicted octanol–water partition coefficient (Wildman–Crippen LogP) is 3.95. The SMILES string of the molecule is CCOC1(C(O)Cc2cc(C)ccc2C)CCCCC1. The van der Waals surface area contributed by atoms with Crippen LogP contribution >= 0.6 is 0 Å². The first-order chi connectivity index (χ1) is 9.57. The molecule has 1 fully saturated rings. The molecule has 2 heteroatoms. The zero-order valence-electron chi connectivity index (χ0n) is 13.1. The Morgan fingerprint density at radius 2 is 1.90 bits per heavy atom. The maximum Gasteiger partial charge on any atom is 0.0943 e. The third-order valence-corrected chi connectivity index (χ3v) is 4.66. The Kier molecular flexibility index (Phi) is 5.22. The molecule has 2 rings (SSSR count). The van der Waals surface area contributed by atoms with Crippen LogP contribution in [0.5, 0.6) is 0 Å². The van der Waals surface area contributed by atoms with Gasteiger partial charge in [-0.05, 0) is 44.7 Å². The van der Waals surface area contributed by atoms with E-state index in [0.29, 0.717) is 13.0 Å². The molecule has 0 spiro atoms. The van der Waals surface area contributed by atoms with E-state index in [2.05, 4.69) is 32.0 Å². The third kappa shape index (κ3) is 3.42. The average molecular weight is 276 g/mol. The van der Waals surface area contributed by atoms with Gasteiger partial charge in [0.2, 0.25) is 0 Å². The summed E-state index contributed by atoms with van der Waals surface area (Å²) < 4.78 is 6.02. The molecular formula is C18H28O2. The van der Waals surface area contributed by atoms with Gasteiger partial charge in [-0.25, -0.2) is 0 Å². The summed E-state index contributed by atoms with van der Waals surface area (Å²) in [6.45, 7) is 6.94. The summed E-state index contributed by atoms with van der Waals surface area (Å²) >= 11 is 0. The Morgan fingerprint density at radius 3 is 2.55 bits per heavy atom. The normalized spacial score (nSPS) is 19.8. The monoisotopic (exact) mass is 276 g/mol. The molecule has 0 aromatic heterocycles. The van der Waals surface area contributed by atoms with Crippen LogP contribution in [-0.4, -0.2) is 23.4 Å². The van der Waals surface area contributed by atoms with E-state index in [-0.39, 0.29) is 5.60 Å². The molecule has 1 aliphatic rings. The first-order valence-corrected chi connectivity index (χ1v) is 7.95. The summed E-state index contributed by atoms with van der Waals surface area (Å²) in [6, 6.07) is 6.47. The molecule has 0 radical (unpaired) electrons. The van der Waals surface area contributed by atoms with Crippen molar-refractivity contribution in [3.63, 3.8) is 0 Å². The van der Waals surface area contributed by atoms with Crippen molar-refractivity contribution < 1.29 is 9.84 Å². The average Bonchev–Trinajstić information content (AvgIpc) is 2.44. The van der Waals surface area contributed by atoms with Crippen molar-refractivity contribution >= 4 is 0 Å². The molecule has 20 heavy (non-hydrogen) atoms. The summed E-state index contributed by atoms with van der Waals surface area (Å²) in [5.74, 6) is 0. The highest BCUT2D eigenvalue weighted by Gasteiger charge is 2.39. The van der Waals surface area contributed by atoms with Crippen molar-refractivity contribution in [1.29, 1.82) is 0 Å². The molecule has 0 amide bonds. The van der Waals surface area contributed by atoms with Gasteiger partial charge in [-0.15, -0.1) is 0 Å². The number of aliphatic hydroxyl groups excluding tert-OH is 1. The van der Waals surface area contributed by atoms with E-state index < -0.39 is 6.10 Å². The van der Waals surface area contributed by atoms with Crippen molar-refractivity contribution in [3.05, 3.63) is 34.9 Å². The van der Waals surface area contributed by atoms with Gasteiger partial charge in [0, 0.05) is 13.0 Å². The summed E-state index contributed by atoms with van der Waals surface area (Å²) in [4.78, 5) is 0. The molecule has 0 saturated heterocycles. The van der Waals surface area contributed by atoms with Crippen molar-refractivity contribution in [2.24, 2.45) is 0 Å². The van der Waals surface area contributed by atoms with Gasteiger partial charge >= 0.3 is 0 Å². The summed E-state index contributed by atoms with van der Waals surface area (Å²) in [7, 11) is 0. The van der Waals surface area contributed by atoms with Crippen LogP contribution in [0, 0.1) is 13.8 Å². The smallest absolute Gasteiger partial charge is 0.0943 e. The van der Waals surface area contributed by atoms with E-state index in [1.807, 2.05) is 6.92 Å². The van der Waals surface area contributed by atoms with Crippen LogP contribution in [0.4, 0.5) is 0 Å². The zero-order valence-corrected chi connectivity index (χ0v) is 13.1. The van der Waals surface area contributed by atoms with Gasteiger partial charge < -0.3 is 9.84 Å². The van der Waals surface area contributed by atoms with E-state index in [1.165, 1.54) is 36.0 Å². The minimum absolute atomic E-state index is 0.316. The molecule has 1 atom stereocenters. The molecule has 0 aliphatic heterocycles. The Hall–Kier alpha value is -0.860. The number of hydrogen-bond acceptors (Lipinski definition) is 2.